The van der Waals surface area contributed by atoms with Crippen molar-refractivity contribution in [3.8, 4) is 17.1 Å². The summed E-state index contributed by atoms with van der Waals surface area (Å²) in [4.78, 5) is 21.6. The minimum atomic E-state index is -0.285. The normalized spacial score (nSPS) is 15.8. The van der Waals surface area contributed by atoms with Crippen LogP contribution in [0.15, 0.2) is 59.4 Å². The average molecular weight is 444 g/mol. The number of ether oxygens (including phenoxy) is 1. The van der Waals surface area contributed by atoms with E-state index in [1.54, 1.807) is 24.4 Å². The summed E-state index contributed by atoms with van der Waals surface area (Å²) in [5.74, 6) is 0.830. The Morgan fingerprint density at radius 1 is 1.18 bits per heavy atom. The molecule has 33 heavy (non-hydrogen) atoms. The lowest BCUT2D eigenvalue weighted by Gasteiger charge is -2.23. The Bertz CT molecular complexity index is 1270. The number of methoxy groups -OCH3 is 1. The van der Waals surface area contributed by atoms with Gasteiger partial charge in [-0.25, -0.2) is 0 Å². The first-order valence-corrected chi connectivity index (χ1v) is 10.8. The molecule has 1 fully saturated rings. The van der Waals surface area contributed by atoms with Gasteiger partial charge in [-0.3, -0.25) is 4.79 Å². The number of hydrogen-bond donors (Lipinski definition) is 0. The van der Waals surface area contributed by atoms with Gasteiger partial charge >= 0.3 is 0 Å². The van der Waals surface area contributed by atoms with Crippen molar-refractivity contribution in [1.29, 1.82) is 0 Å². The zero-order valence-corrected chi connectivity index (χ0v) is 18.5. The van der Waals surface area contributed by atoms with Crippen molar-refractivity contribution in [1.82, 2.24) is 30.0 Å². The number of carbonyl (C=O) groups is 1. The van der Waals surface area contributed by atoms with Gasteiger partial charge in [0.2, 0.25) is 11.7 Å². The Hall–Kier alpha value is -3.85. The Balaban J connectivity index is 1.46. The molecule has 1 amide bonds. The van der Waals surface area contributed by atoms with Crippen LogP contribution in [0.4, 0.5) is 0 Å². The Morgan fingerprint density at radius 3 is 2.82 bits per heavy atom. The number of benzene rings is 2. The van der Waals surface area contributed by atoms with Gasteiger partial charge in [-0.15, -0.1) is 0 Å². The van der Waals surface area contributed by atoms with E-state index < -0.39 is 0 Å². The van der Waals surface area contributed by atoms with Gasteiger partial charge in [0.05, 0.1) is 30.3 Å². The quantitative estimate of drug-likeness (QED) is 0.447. The molecule has 0 radical (unpaired) electrons. The topological polar surface area (TPSA) is 99.2 Å². The fourth-order valence-corrected chi connectivity index (χ4v) is 4.26. The Labute approximate surface area is 191 Å². The molecular formula is C24H24N6O3. The van der Waals surface area contributed by atoms with E-state index in [9.17, 15) is 4.79 Å². The van der Waals surface area contributed by atoms with Crippen LogP contribution >= 0.6 is 0 Å². The van der Waals surface area contributed by atoms with Crippen LogP contribution in [0.5, 0.6) is 0 Å². The SMILES string of the molecule is COCc1ccccc1-c1noc(C2CCCN2C(=O)c2cc(C)ccc2-n2nccn2)n1. The van der Waals surface area contributed by atoms with Crippen molar-refractivity contribution < 1.29 is 14.1 Å². The molecule has 168 valence electrons. The van der Waals surface area contributed by atoms with Gasteiger partial charge in [0.1, 0.15) is 6.04 Å². The van der Waals surface area contributed by atoms with E-state index in [1.165, 1.54) is 4.80 Å². The van der Waals surface area contributed by atoms with E-state index >= 15 is 0 Å². The highest BCUT2D eigenvalue weighted by Gasteiger charge is 2.36. The standard InChI is InChI=1S/C24H24N6O3/c1-16-9-10-20(30-25-11-12-26-30)19(14-16)24(31)29-13-5-8-21(29)23-27-22(28-33-23)18-7-4-3-6-17(18)15-32-2/h3-4,6-7,9-12,14,21H,5,8,13,15H2,1-2H3. The fourth-order valence-electron chi connectivity index (χ4n) is 4.26. The maximum Gasteiger partial charge on any atom is 0.256 e. The van der Waals surface area contributed by atoms with Crippen LogP contribution in [0.3, 0.4) is 0 Å². The second-order valence-corrected chi connectivity index (χ2v) is 8.04. The maximum absolute atomic E-state index is 13.7. The van der Waals surface area contributed by atoms with Gasteiger partial charge in [-0.2, -0.15) is 20.0 Å². The second-order valence-electron chi connectivity index (χ2n) is 8.04. The van der Waals surface area contributed by atoms with Gasteiger partial charge < -0.3 is 14.2 Å². The number of likely N-dealkylation sites (tertiary alicyclic amines) is 1. The van der Waals surface area contributed by atoms with Gasteiger partial charge in [0.15, 0.2) is 0 Å². The van der Waals surface area contributed by atoms with Crippen molar-refractivity contribution >= 4 is 5.91 Å². The zero-order chi connectivity index (χ0) is 22.8. The first-order valence-electron chi connectivity index (χ1n) is 10.8. The number of amides is 1. The summed E-state index contributed by atoms with van der Waals surface area (Å²) >= 11 is 0. The lowest BCUT2D eigenvalue weighted by molar-refractivity contribution is 0.0709. The predicted octanol–water partition coefficient (Wildman–Crippen LogP) is 3.75. The second kappa shape index (κ2) is 8.95. The molecule has 0 bridgehead atoms. The first kappa shape index (κ1) is 21.0. The van der Waals surface area contributed by atoms with Crippen LogP contribution < -0.4 is 0 Å². The van der Waals surface area contributed by atoms with Crippen LogP contribution in [0, 0.1) is 6.92 Å². The van der Waals surface area contributed by atoms with Crippen molar-refractivity contribution in [2.45, 2.75) is 32.4 Å². The summed E-state index contributed by atoms with van der Waals surface area (Å²) in [7, 11) is 1.65. The third kappa shape index (κ3) is 4.03. The highest BCUT2D eigenvalue weighted by Crippen LogP contribution is 2.34. The average Bonchev–Trinajstić information content (AvgIpc) is 3.60. The number of carbonyl (C=O) groups excluding carboxylic acids is 1. The van der Waals surface area contributed by atoms with E-state index in [-0.39, 0.29) is 11.9 Å². The molecule has 9 nitrogen and oxygen atoms in total. The molecular weight excluding hydrogens is 420 g/mol. The smallest absolute Gasteiger partial charge is 0.256 e. The van der Waals surface area contributed by atoms with Crippen molar-refractivity contribution in [2.24, 2.45) is 0 Å². The van der Waals surface area contributed by atoms with Crippen LogP contribution in [-0.2, 0) is 11.3 Å². The molecule has 2 aromatic heterocycles. The molecule has 1 saturated heterocycles. The lowest BCUT2D eigenvalue weighted by Crippen LogP contribution is -2.31. The molecule has 1 aliphatic heterocycles. The zero-order valence-electron chi connectivity index (χ0n) is 18.5. The fraction of sp³-hybridized carbons (Fsp3) is 0.292. The van der Waals surface area contributed by atoms with E-state index in [4.69, 9.17) is 9.26 Å². The molecule has 4 aromatic rings. The molecule has 3 heterocycles. The highest BCUT2D eigenvalue weighted by molar-refractivity contribution is 5.98. The Morgan fingerprint density at radius 2 is 2.00 bits per heavy atom. The lowest BCUT2D eigenvalue weighted by atomic mass is 10.1. The van der Waals surface area contributed by atoms with Crippen molar-refractivity contribution in [3.63, 3.8) is 0 Å². The number of aryl methyl sites for hydroxylation is 1. The minimum absolute atomic E-state index is 0.104. The van der Waals surface area contributed by atoms with E-state index in [0.717, 1.165) is 29.5 Å². The molecule has 0 N–H and O–H groups in total. The van der Waals surface area contributed by atoms with Crippen LogP contribution in [-0.4, -0.2) is 49.6 Å². The van der Waals surface area contributed by atoms with Crippen molar-refractivity contribution in [2.75, 3.05) is 13.7 Å². The van der Waals surface area contributed by atoms with Gasteiger partial charge in [-0.05, 0) is 37.5 Å². The molecule has 1 atom stereocenters. The number of nitrogens with zero attached hydrogens (tertiary/aromatic N) is 6. The van der Waals surface area contributed by atoms with Crippen LogP contribution in [0.1, 0.15) is 46.3 Å². The summed E-state index contributed by atoms with van der Waals surface area (Å²) < 4.78 is 10.9. The monoisotopic (exact) mass is 444 g/mol. The number of aromatic nitrogens is 5. The predicted molar refractivity (Wildman–Crippen MR) is 120 cm³/mol. The van der Waals surface area contributed by atoms with Gasteiger partial charge in [-0.1, -0.05) is 41.1 Å². The molecule has 2 aromatic carbocycles. The van der Waals surface area contributed by atoms with Crippen LogP contribution in [0.25, 0.3) is 17.1 Å². The van der Waals surface area contributed by atoms with Gasteiger partial charge in [0, 0.05) is 19.2 Å². The first-order chi connectivity index (χ1) is 16.2. The van der Waals surface area contributed by atoms with Crippen LogP contribution in [0.2, 0.25) is 0 Å². The molecule has 1 aliphatic rings. The number of rotatable bonds is 6. The van der Waals surface area contributed by atoms with E-state index in [1.807, 2.05) is 49.4 Å². The highest BCUT2D eigenvalue weighted by atomic mass is 16.5. The Kier molecular flexibility index (Phi) is 5.70. The molecule has 0 saturated carbocycles. The molecule has 1 unspecified atom stereocenters. The summed E-state index contributed by atoms with van der Waals surface area (Å²) in [5.41, 5.74) is 4.00. The third-order valence-corrected chi connectivity index (χ3v) is 5.82. The molecule has 0 aliphatic carbocycles. The van der Waals surface area contributed by atoms with Crippen molar-refractivity contribution in [3.05, 3.63) is 77.4 Å². The van der Waals surface area contributed by atoms with E-state index in [0.29, 0.717) is 36.1 Å². The largest absolute Gasteiger partial charge is 0.380 e. The summed E-state index contributed by atoms with van der Waals surface area (Å²) in [6.07, 6.45) is 4.80. The summed E-state index contributed by atoms with van der Waals surface area (Å²) in [6, 6.07) is 13.2. The molecule has 5 rings (SSSR count). The van der Waals surface area contributed by atoms with E-state index in [2.05, 4.69) is 20.3 Å². The minimum Gasteiger partial charge on any atom is -0.380 e. The summed E-state index contributed by atoms with van der Waals surface area (Å²) in [5, 5.41) is 12.6. The van der Waals surface area contributed by atoms with Gasteiger partial charge in [0.25, 0.3) is 5.91 Å². The maximum atomic E-state index is 13.7. The summed E-state index contributed by atoms with van der Waals surface area (Å²) in [6.45, 7) is 3.02. The molecule has 9 heteroatoms. The molecule has 0 spiro atoms. The third-order valence-electron chi connectivity index (χ3n) is 5.82. The number of hydrogen-bond acceptors (Lipinski definition) is 7.